The number of amidine groups is 1. The molecule has 158 valence electrons. The summed E-state index contributed by atoms with van der Waals surface area (Å²) in [6.45, 7) is 3.31. The molecule has 2 saturated heterocycles. The van der Waals surface area contributed by atoms with Gasteiger partial charge < -0.3 is 24.3 Å². The summed E-state index contributed by atoms with van der Waals surface area (Å²) in [6.07, 6.45) is -5.72. The smallest absolute Gasteiger partial charge is 0.303 e. The van der Waals surface area contributed by atoms with E-state index >= 15 is 0 Å². The van der Waals surface area contributed by atoms with E-state index in [-0.39, 0.29) is 19.6 Å². The quantitative estimate of drug-likeness (QED) is 0.469. The average molecular weight is 424 g/mol. The highest BCUT2D eigenvalue weighted by Crippen LogP contribution is 2.36. The topological polar surface area (TPSA) is 113 Å². The van der Waals surface area contributed by atoms with Gasteiger partial charge in [0, 0.05) is 33.7 Å². The van der Waals surface area contributed by atoms with E-state index in [2.05, 4.69) is 10.3 Å². The van der Waals surface area contributed by atoms with Crippen molar-refractivity contribution < 1.29 is 42.1 Å². The van der Waals surface area contributed by atoms with E-state index in [1.54, 1.807) is 0 Å². The molecule has 0 unspecified atom stereocenters. The molecule has 0 bridgehead atoms. The number of carbonyl (C=O) groups excluding carboxylic acids is 3. The number of rotatable bonds is 7. The number of aliphatic imine (C=N–C) groups is 1. The van der Waals surface area contributed by atoms with Crippen LogP contribution in [-0.4, -0.2) is 72.4 Å². The van der Waals surface area contributed by atoms with Gasteiger partial charge in [0.15, 0.2) is 17.4 Å². The lowest BCUT2D eigenvalue weighted by Gasteiger charge is -2.41. The van der Waals surface area contributed by atoms with E-state index in [1.807, 2.05) is 0 Å². The summed E-state index contributed by atoms with van der Waals surface area (Å²) in [5.41, 5.74) is -0.609. The van der Waals surface area contributed by atoms with Crippen LogP contribution in [0.15, 0.2) is 4.99 Å². The first-order valence-corrected chi connectivity index (χ1v) is 9.44. The van der Waals surface area contributed by atoms with Gasteiger partial charge >= 0.3 is 17.9 Å². The molecule has 0 amide bonds. The predicted octanol–water partition coefficient (Wildman–Crippen LogP) is 0.854. The number of nitrogens with zero attached hydrogens (tertiary/aromatic N) is 1. The third kappa shape index (κ3) is 6.30. The SMILES string of the molecule is CC(=O)OC[C@H]1O[C@@H]2SC(=NCCC(F)F)N[C@@H]2[C@@H](OC(C)=O)[C@@H]1OC(C)=O. The maximum Gasteiger partial charge on any atom is 0.303 e. The summed E-state index contributed by atoms with van der Waals surface area (Å²) in [5, 5.41) is 3.33. The van der Waals surface area contributed by atoms with Gasteiger partial charge in [0.1, 0.15) is 24.2 Å². The molecule has 2 aliphatic heterocycles. The zero-order valence-corrected chi connectivity index (χ0v) is 16.4. The molecule has 0 aromatic rings. The molecular formula is C16H22F2N2O7S. The number of hydrogen-bond donors (Lipinski definition) is 1. The number of alkyl halides is 2. The second kappa shape index (κ2) is 10.0. The Kier molecular flexibility index (Phi) is 7.98. The van der Waals surface area contributed by atoms with Gasteiger partial charge in [0.05, 0.1) is 0 Å². The van der Waals surface area contributed by atoms with Crippen LogP contribution in [0.1, 0.15) is 27.2 Å². The van der Waals surface area contributed by atoms with Crippen LogP contribution in [0.5, 0.6) is 0 Å². The van der Waals surface area contributed by atoms with E-state index in [1.165, 1.54) is 20.8 Å². The molecule has 9 nitrogen and oxygen atoms in total. The van der Waals surface area contributed by atoms with Gasteiger partial charge in [-0.1, -0.05) is 11.8 Å². The molecule has 2 rings (SSSR count). The standard InChI is InChI=1S/C16H22F2N2O7S/c1-7(21)24-6-10-13(25-8(2)22)14(26-9(3)23)12-15(27-10)28-16(20-12)19-5-4-11(17)18/h10-15H,4-6H2,1-3H3,(H,19,20)/t10-,12-,13-,14-,15-/m1/s1. The lowest BCUT2D eigenvalue weighted by atomic mass is 9.97. The van der Waals surface area contributed by atoms with Crippen molar-refractivity contribution in [1.29, 1.82) is 0 Å². The summed E-state index contributed by atoms with van der Waals surface area (Å²) in [5.74, 6) is -1.79. The van der Waals surface area contributed by atoms with Crippen molar-refractivity contribution in [2.24, 2.45) is 4.99 Å². The summed E-state index contributed by atoms with van der Waals surface area (Å²) >= 11 is 1.14. The Morgan fingerprint density at radius 3 is 2.36 bits per heavy atom. The number of fused-ring (bicyclic) bond motifs is 1. The van der Waals surface area contributed by atoms with E-state index in [9.17, 15) is 23.2 Å². The normalized spacial score (nSPS) is 30.5. The summed E-state index contributed by atoms with van der Waals surface area (Å²) in [4.78, 5) is 38.4. The second-order valence-electron chi connectivity index (χ2n) is 6.15. The molecule has 2 heterocycles. The molecule has 0 radical (unpaired) electrons. The number of halogens is 2. The summed E-state index contributed by atoms with van der Waals surface area (Å²) in [7, 11) is 0. The Balaban J connectivity index is 2.21. The third-order valence-electron chi connectivity index (χ3n) is 3.82. The number of ether oxygens (including phenoxy) is 4. The summed E-state index contributed by atoms with van der Waals surface area (Å²) in [6, 6.07) is -0.628. The van der Waals surface area contributed by atoms with E-state index in [0.29, 0.717) is 5.17 Å². The van der Waals surface area contributed by atoms with Crippen LogP contribution in [0.3, 0.4) is 0 Å². The molecule has 5 atom stereocenters. The second-order valence-corrected chi connectivity index (χ2v) is 7.24. The third-order valence-corrected chi connectivity index (χ3v) is 4.93. The molecular weight excluding hydrogens is 402 g/mol. The maximum absolute atomic E-state index is 12.3. The highest BCUT2D eigenvalue weighted by molar-refractivity contribution is 8.14. The largest absolute Gasteiger partial charge is 0.463 e. The molecule has 0 aromatic heterocycles. The van der Waals surface area contributed by atoms with Crippen molar-refractivity contribution >= 4 is 34.8 Å². The number of nitrogens with one attached hydrogen (secondary N) is 1. The maximum atomic E-state index is 12.3. The van der Waals surface area contributed by atoms with Crippen LogP contribution in [0.25, 0.3) is 0 Å². The zero-order valence-electron chi connectivity index (χ0n) is 15.6. The highest BCUT2D eigenvalue weighted by atomic mass is 32.2. The van der Waals surface area contributed by atoms with Crippen molar-refractivity contribution in [3.63, 3.8) is 0 Å². The molecule has 0 aliphatic carbocycles. The van der Waals surface area contributed by atoms with Crippen LogP contribution in [0.4, 0.5) is 8.78 Å². The lowest BCUT2D eigenvalue weighted by Crippen LogP contribution is -2.62. The minimum atomic E-state index is -2.47. The minimum Gasteiger partial charge on any atom is -0.463 e. The minimum absolute atomic E-state index is 0.0884. The average Bonchev–Trinajstić information content (AvgIpc) is 2.96. The molecule has 2 aliphatic rings. The van der Waals surface area contributed by atoms with Gasteiger partial charge in [-0.2, -0.15) is 0 Å². The van der Waals surface area contributed by atoms with Crippen LogP contribution >= 0.6 is 11.8 Å². The predicted molar refractivity (Wildman–Crippen MR) is 93.8 cm³/mol. The fourth-order valence-corrected chi connectivity index (χ4v) is 3.95. The molecule has 0 aromatic carbocycles. The number of esters is 3. The molecule has 2 fully saturated rings. The monoisotopic (exact) mass is 424 g/mol. The molecule has 0 saturated carbocycles. The number of thioether (sulfide) groups is 1. The fourth-order valence-electron chi connectivity index (χ4n) is 2.79. The summed E-state index contributed by atoms with van der Waals surface area (Å²) < 4.78 is 46.1. The van der Waals surface area contributed by atoms with Crippen LogP contribution in [0, 0.1) is 0 Å². The Morgan fingerprint density at radius 1 is 1.14 bits per heavy atom. The Morgan fingerprint density at radius 2 is 1.79 bits per heavy atom. The number of carbonyl (C=O) groups is 3. The first-order valence-electron chi connectivity index (χ1n) is 8.56. The van der Waals surface area contributed by atoms with Gasteiger partial charge in [-0.3, -0.25) is 19.4 Å². The van der Waals surface area contributed by atoms with Crippen LogP contribution in [-0.2, 0) is 33.3 Å². The number of hydrogen-bond acceptors (Lipinski definition) is 9. The Bertz CT molecular complexity index is 634. The van der Waals surface area contributed by atoms with E-state index in [0.717, 1.165) is 11.8 Å². The van der Waals surface area contributed by atoms with E-state index in [4.69, 9.17) is 18.9 Å². The van der Waals surface area contributed by atoms with Gasteiger partial charge in [-0.25, -0.2) is 8.78 Å². The van der Waals surface area contributed by atoms with Crippen molar-refractivity contribution in [1.82, 2.24) is 5.32 Å². The zero-order chi connectivity index (χ0) is 20.8. The van der Waals surface area contributed by atoms with Crippen LogP contribution < -0.4 is 5.32 Å². The first-order chi connectivity index (χ1) is 13.2. The first kappa shape index (κ1) is 22.3. The molecule has 28 heavy (non-hydrogen) atoms. The van der Waals surface area contributed by atoms with E-state index < -0.39 is 54.1 Å². The fraction of sp³-hybridized carbons (Fsp3) is 0.750. The van der Waals surface area contributed by atoms with Crippen molar-refractivity contribution in [3.8, 4) is 0 Å². The van der Waals surface area contributed by atoms with Gasteiger partial charge in [-0.05, 0) is 0 Å². The van der Waals surface area contributed by atoms with Gasteiger partial charge in [0.25, 0.3) is 0 Å². The van der Waals surface area contributed by atoms with Crippen LogP contribution in [0.2, 0.25) is 0 Å². The molecule has 1 N–H and O–H groups in total. The van der Waals surface area contributed by atoms with Crippen molar-refractivity contribution in [2.75, 3.05) is 13.2 Å². The molecule has 0 spiro atoms. The van der Waals surface area contributed by atoms with Crippen molar-refractivity contribution in [2.45, 2.75) is 63.4 Å². The Labute approximate surface area is 164 Å². The lowest BCUT2D eigenvalue weighted by molar-refractivity contribution is -0.209. The highest BCUT2D eigenvalue weighted by Gasteiger charge is 2.53. The molecule has 12 heteroatoms. The Hall–Kier alpha value is -1.95. The van der Waals surface area contributed by atoms with Gasteiger partial charge in [0.2, 0.25) is 6.43 Å². The van der Waals surface area contributed by atoms with Crippen molar-refractivity contribution in [3.05, 3.63) is 0 Å². The van der Waals surface area contributed by atoms with Gasteiger partial charge in [-0.15, -0.1) is 0 Å².